The van der Waals surface area contributed by atoms with E-state index in [1.807, 2.05) is 0 Å². The van der Waals surface area contributed by atoms with Crippen LogP contribution in [0, 0.1) is 0 Å². The van der Waals surface area contributed by atoms with Crippen LogP contribution in [-0.4, -0.2) is 35.1 Å². The van der Waals surface area contributed by atoms with E-state index < -0.39 is 23.5 Å². The standard InChI is InChI=1S/C11H21N3O3/c12-8(6-9(13)15)10(16)14-7-11(17)4-2-1-3-5-11/h8,17H,1-7,12H2,(H2,13,15)(H,14,16). The summed E-state index contributed by atoms with van der Waals surface area (Å²) in [5.74, 6) is -1.05. The number of hydrogen-bond donors (Lipinski definition) is 4. The fourth-order valence-electron chi connectivity index (χ4n) is 2.08. The lowest BCUT2D eigenvalue weighted by Gasteiger charge is -2.32. The summed E-state index contributed by atoms with van der Waals surface area (Å²) in [6.07, 6.45) is 4.28. The Morgan fingerprint density at radius 2 is 1.88 bits per heavy atom. The molecule has 98 valence electrons. The fraction of sp³-hybridized carbons (Fsp3) is 0.818. The van der Waals surface area contributed by atoms with Crippen molar-refractivity contribution in [3.63, 3.8) is 0 Å². The average Bonchev–Trinajstić information content (AvgIpc) is 2.26. The number of primary amides is 1. The van der Waals surface area contributed by atoms with Crippen molar-refractivity contribution in [2.75, 3.05) is 6.54 Å². The molecular weight excluding hydrogens is 222 g/mol. The minimum Gasteiger partial charge on any atom is -0.388 e. The first kappa shape index (κ1) is 13.9. The normalized spacial score (nSPS) is 20.6. The smallest absolute Gasteiger partial charge is 0.237 e. The van der Waals surface area contributed by atoms with Gasteiger partial charge in [-0.15, -0.1) is 0 Å². The van der Waals surface area contributed by atoms with Gasteiger partial charge < -0.3 is 21.9 Å². The zero-order chi connectivity index (χ0) is 12.9. The van der Waals surface area contributed by atoms with E-state index in [0.29, 0.717) is 12.8 Å². The summed E-state index contributed by atoms with van der Waals surface area (Å²) < 4.78 is 0. The number of carbonyl (C=O) groups excluding carboxylic acids is 2. The molecule has 2 amide bonds. The van der Waals surface area contributed by atoms with E-state index in [2.05, 4.69) is 5.32 Å². The molecule has 0 aromatic carbocycles. The lowest BCUT2D eigenvalue weighted by molar-refractivity contribution is -0.127. The molecule has 1 aliphatic carbocycles. The Morgan fingerprint density at radius 3 is 2.41 bits per heavy atom. The van der Waals surface area contributed by atoms with E-state index in [-0.39, 0.29) is 13.0 Å². The molecule has 0 spiro atoms. The maximum atomic E-state index is 11.5. The SMILES string of the molecule is NC(=O)CC(N)C(=O)NCC1(O)CCCCC1. The summed E-state index contributed by atoms with van der Waals surface area (Å²) in [7, 11) is 0. The van der Waals surface area contributed by atoms with Crippen molar-refractivity contribution in [2.45, 2.75) is 50.2 Å². The molecule has 6 N–H and O–H groups in total. The van der Waals surface area contributed by atoms with Crippen molar-refractivity contribution in [3.8, 4) is 0 Å². The molecule has 0 radical (unpaired) electrons. The van der Waals surface area contributed by atoms with Gasteiger partial charge in [-0.3, -0.25) is 9.59 Å². The molecular formula is C11H21N3O3. The lowest BCUT2D eigenvalue weighted by atomic mass is 9.85. The molecule has 1 atom stereocenters. The monoisotopic (exact) mass is 243 g/mol. The van der Waals surface area contributed by atoms with Crippen LogP contribution in [0.3, 0.4) is 0 Å². The zero-order valence-electron chi connectivity index (χ0n) is 9.95. The van der Waals surface area contributed by atoms with Gasteiger partial charge >= 0.3 is 0 Å². The highest BCUT2D eigenvalue weighted by Gasteiger charge is 2.30. The minimum atomic E-state index is -0.931. The maximum Gasteiger partial charge on any atom is 0.237 e. The quantitative estimate of drug-likeness (QED) is 0.495. The van der Waals surface area contributed by atoms with Crippen molar-refractivity contribution in [1.82, 2.24) is 5.32 Å². The molecule has 0 bridgehead atoms. The van der Waals surface area contributed by atoms with Gasteiger partial charge in [-0.05, 0) is 12.8 Å². The Balaban J connectivity index is 2.33. The molecule has 0 aromatic rings. The number of hydrogen-bond acceptors (Lipinski definition) is 4. The van der Waals surface area contributed by atoms with Gasteiger partial charge in [-0.2, -0.15) is 0 Å². The van der Waals surface area contributed by atoms with Crippen molar-refractivity contribution in [1.29, 1.82) is 0 Å². The fourth-order valence-corrected chi connectivity index (χ4v) is 2.08. The highest BCUT2D eigenvalue weighted by Crippen LogP contribution is 2.27. The predicted octanol–water partition coefficient (Wildman–Crippen LogP) is -1.000. The Morgan fingerprint density at radius 1 is 1.29 bits per heavy atom. The highest BCUT2D eigenvalue weighted by molar-refractivity contribution is 5.87. The lowest BCUT2D eigenvalue weighted by Crippen LogP contribution is -2.49. The second-order valence-electron chi connectivity index (χ2n) is 4.78. The van der Waals surface area contributed by atoms with Gasteiger partial charge in [0, 0.05) is 6.54 Å². The van der Waals surface area contributed by atoms with Crippen molar-refractivity contribution < 1.29 is 14.7 Å². The van der Waals surface area contributed by atoms with Crippen LogP contribution in [0.4, 0.5) is 0 Å². The first-order chi connectivity index (χ1) is 7.93. The molecule has 6 nitrogen and oxygen atoms in total. The van der Waals surface area contributed by atoms with Crippen molar-refractivity contribution in [2.24, 2.45) is 11.5 Å². The average molecular weight is 243 g/mol. The summed E-state index contributed by atoms with van der Waals surface area (Å²) >= 11 is 0. The first-order valence-electron chi connectivity index (χ1n) is 5.97. The molecule has 1 rings (SSSR count). The van der Waals surface area contributed by atoms with Gasteiger partial charge in [0.15, 0.2) is 0 Å². The van der Waals surface area contributed by atoms with E-state index in [4.69, 9.17) is 11.5 Å². The van der Waals surface area contributed by atoms with Crippen molar-refractivity contribution >= 4 is 11.8 Å². The van der Waals surface area contributed by atoms with Gasteiger partial charge in [-0.1, -0.05) is 19.3 Å². The van der Waals surface area contributed by atoms with Crippen LogP contribution in [0.2, 0.25) is 0 Å². The topological polar surface area (TPSA) is 118 Å². The molecule has 1 aliphatic rings. The van der Waals surface area contributed by atoms with E-state index in [1.165, 1.54) is 0 Å². The number of rotatable bonds is 5. The van der Waals surface area contributed by atoms with Crippen LogP contribution in [0.5, 0.6) is 0 Å². The Labute approximate surface area is 101 Å². The second-order valence-corrected chi connectivity index (χ2v) is 4.78. The molecule has 0 aliphatic heterocycles. The van der Waals surface area contributed by atoms with Gasteiger partial charge in [0.05, 0.1) is 18.1 Å². The third-order valence-corrected chi connectivity index (χ3v) is 3.13. The molecule has 0 saturated heterocycles. The first-order valence-corrected chi connectivity index (χ1v) is 5.97. The summed E-state index contributed by atoms with van der Waals surface area (Å²) in [5, 5.41) is 12.7. The third kappa shape index (κ3) is 4.70. The van der Waals surface area contributed by atoms with Crippen LogP contribution < -0.4 is 16.8 Å². The molecule has 0 aromatic heterocycles. The minimum absolute atomic E-state index is 0.176. The van der Waals surface area contributed by atoms with Crippen LogP contribution in [0.1, 0.15) is 38.5 Å². The van der Waals surface area contributed by atoms with E-state index >= 15 is 0 Å². The van der Waals surface area contributed by atoms with Gasteiger partial charge in [0.25, 0.3) is 0 Å². The number of nitrogens with one attached hydrogen (secondary N) is 1. The van der Waals surface area contributed by atoms with Gasteiger partial charge in [0.2, 0.25) is 11.8 Å². The Kier molecular flexibility index (Phi) is 4.89. The van der Waals surface area contributed by atoms with E-state index in [9.17, 15) is 14.7 Å². The highest BCUT2D eigenvalue weighted by atomic mass is 16.3. The summed E-state index contributed by atoms with van der Waals surface area (Å²) in [4.78, 5) is 22.1. The zero-order valence-corrected chi connectivity index (χ0v) is 9.95. The van der Waals surface area contributed by atoms with Crippen LogP contribution in [0.25, 0.3) is 0 Å². The van der Waals surface area contributed by atoms with Crippen LogP contribution in [-0.2, 0) is 9.59 Å². The summed E-state index contributed by atoms with van der Waals surface area (Å²) in [6, 6.07) is -0.931. The number of nitrogens with two attached hydrogens (primary N) is 2. The molecule has 1 saturated carbocycles. The number of amides is 2. The number of aliphatic hydroxyl groups is 1. The van der Waals surface area contributed by atoms with Crippen LogP contribution in [0.15, 0.2) is 0 Å². The second kappa shape index (κ2) is 5.97. The van der Waals surface area contributed by atoms with E-state index in [0.717, 1.165) is 19.3 Å². The predicted molar refractivity (Wildman–Crippen MR) is 62.8 cm³/mol. The third-order valence-electron chi connectivity index (χ3n) is 3.13. The molecule has 1 fully saturated rings. The largest absolute Gasteiger partial charge is 0.388 e. The summed E-state index contributed by atoms with van der Waals surface area (Å²) in [6.45, 7) is 0.193. The van der Waals surface area contributed by atoms with Crippen molar-refractivity contribution in [3.05, 3.63) is 0 Å². The molecule has 1 unspecified atom stereocenters. The Bertz CT molecular complexity index is 288. The van der Waals surface area contributed by atoms with Gasteiger partial charge in [-0.25, -0.2) is 0 Å². The molecule has 0 heterocycles. The molecule has 17 heavy (non-hydrogen) atoms. The van der Waals surface area contributed by atoms with E-state index in [1.54, 1.807) is 0 Å². The summed E-state index contributed by atoms with van der Waals surface area (Å²) in [5.41, 5.74) is 9.61. The van der Waals surface area contributed by atoms with Crippen LogP contribution >= 0.6 is 0 Å². The maximum absolute atomic E-state index is 11.5. The number of carbonyl (C=O) groups is 2. The molecule has 6 heteroatoms. The van der Waals surface area contributed by atoms with Gasteiger partial charge in [0.1, 0.15) is 0 Å². The Hall–Kier alpha value is -1.14.